The predicted octanol–water partition coefficient (Wildman–Crippen LogP) is 3.17. The van der Waals surface area contributed by atoms with Crippen LogP contribution in [0.3, 0.4) is 0 Å². The summed E-state index contributed by atoms with van der Waals surface area (Å²) in [6.45, 7) is 6.59. The van der Waals surface area contributed by atoms with Crippen LogP contribution in [-0.4, -0.2) is 27.1 Å². The average molecular weight is 291 g/mol. The summed E-state index contributed by atoms with van der Waals surface area (Å²) in [7, 11) is 0. The number of fused-ring (bicyclic) bond motifs is 1. The zero-order chi connectivity index (χ0) is 14.3. The Kier molecular flexibility index (Phi) is 3.52. The lowest BCUT2D eigenvalue weighted by molar-refractivity contribution is 0.135. The van der Waals surface area contributed by atoms with Crippen molar-refractivity contribution in [3.8, 4) is 0 Å². The first-order chi connectivity index (χ1) is 9.54. The van der Waals surface area contributed by atoms with Crippen molar-refractivity contribution >= 4 is 33.3 Å². The molecule has 2 aromatic rings. The van der Waals surface area contributed by atoms with E-state index >= 15 is 0 Å². The maximum Gasteiger partial charge on any atom is 0.223 e. The summed E-state index contributed by atoms with van der Waals surface area (Å²) in [6.07, 6.45) is 3.72. The number of aryl methyl sites for hydroxylation is 1. The monoisotopic (exact) mass is 291 g/mol. The number of hydrogen-bond donors (Lipinski definition) is 2. The minimum atomic E-state index is 0.333. The average Bonchev–Trinajstić information content (AvgIpc) is 2.74. The molecule has 2 atom stereocenters. The molecule has 5 nitrogen and oxygen atoms in total. The lowest BCUT2D eigenvalue weighted by Crippen LogP contribution is -2.47. The van der Waals surface area contributed by atoms with E-state index in [0.29, 0.717) is 18.0 Å². The van der Waals surface area contributed by atoms with Gasteiger partial charge in [-0.3, -0.25) is 0 Å². The Morgan fingerprint density at radius 1 is 1.30 bits per heavy atom. The van der Waals surface area contributed by atoms with Crippen LogP contribution in [-0.2, 0) is 0 Å². The molecule has 0 amide bonds. The smallest absolute Gasteiger partial charge is 0.223 e. The van der Waals surface area contributed by atoms with Gasteiger partial charge in [-0.1, -0.05) is 6.42 Å². The second-order valence-electron chi connectivity index (χ2n) is 5.65. The van der Waals surface area contributed by atoms with Gasteiger partial charge >= 0.3 is 0 Å². The molecular weight excluding hydrogens is 270 g/mol. The Bertz CT molecular complexity index is 613. The van der Waals surface area contributed by atoms with Gasteiger partial charge in [-0.05, 0) is 39.7 Å². The zero-order valence-corrected chi connectivity index (χ0v) is 13.0. The first kappa shape index (κ1) is 13.6. The van der Waals surface area contributed by atoms with Crippen molar-refractivity contribution in [3.63, 3.8) is 0 Å². The van der Waals surface area contributed by atoms with Gasteiger partial charge in [0.05, 0.1) is 5.39 Å². The molecule has 1 saturated heterocycles. The molecule has 0 spiro atoms. The van der Waals surface area contributed by atoms with Gasteiger partial charge in [-0.2, -0.15) is 4.98 Å². The minimum absolute atomic E-state index is 0.333. The van der Waals surface area contributed by atoms with Crippen LogP contribution in [0.1, 0.15) is 38.0 Å². The molecule has 108 valence electrons. The minimum Gasteiger partial charge on any atom is -0.368 e. The van der Waals surface area contributed by atoms with Crippen molar-refractivity contribution in [3.05, 3.63) is 10.9 Å². The van der Waals surface area contributed by atoms with E-state index in [0.717, 1.165) is 16.0 Å². The summed E-state index contributed by atoms with van der Waals surface area (Å²) in [5, 5.41) is 3.37. The van der Waals surface area contributed by atoms with Gasteiger partial charge in [0.15, 0.2) is 5.82 Å². The van der Waals surface area contributed by atoms with Crippen LogP contribution in [0.5, 0.6) is 0 Å². The van der Waals surface area contributed by atoms with Gasteiger partial charge in [0.2, 0.25) is 5.95 Å². The number of aromatic nitrogens is 2. The first-order valence-corrected chi connectivity index (χ1v) is 7.95. The van der Waals surface area contributed by atoms with Crippen LogP contribution in [0.15, 0.2) is 6.07 Å². The molecule has 0 aromatic carbocycles. The molecule has 3 N–H and O–H groups in total. The number of hydrazine groups is 1. The number of nitrogen functional groups attached to an aromatic ring is 1. The lowest BCUT2D eigenvalue weighted by atomic mass is 10.00. The normalized spacial score (nSPS) is 24.1. The molecule has 2 unspecified atom stereocenters. The van der Waals surface area contributed by atoms with E-state index in [1.807, 2.05) is 0 Å². The number of nitrogens with zero attached hydrogens (tertiary/aromatic N) is 3. The van der Waals surface area contributed by atoms with Gasteiger partial charge in [-0.15, -0.1) is 11.3 Å². The number of nitrogens with one attached hydrogen (secondary N) is 1. The highest BCUT2D eigenvalue weighted by atomic mass is 32.1. The quantitative estimate of drug-likeness (QED) is 0.889. The van der Waals surface area contributed by atoms with E-state index in [2.05, 4.69) is 47.2 Å². The largest absolute Gasteiger partial charge is 0.368 e. The molecule has 0 radical (unpaired) electrons. The molecule has 0 saturated carbocycles. The summed E-state index contributed by atoms with van der Waals surface area (Å²) in [5.41, 5.74) is 9.32. The fourth-order valence-corrected chi connectivity index (χ4v) is 3.79. The maximum atomic E-state index is 5.83. The highest BCUT2D eigenvalue weighted by molar-refractivity contribution is 7.18. The Balaban J connectivity index is 1.97. The van der Waals surface area contributed by atoms with Crippen molar-refractivity contribution < 1.29 is 0 Å². The number of piperidine rings is 1. The molecule has 0 bridgehead atoms. The van der Waals surface area contributed by atoms with Crippen LogP contribution < -0.4 is 11.2 Å². The van der Waals surface area contributed by atoms with E-state index in [1.165, 1.54) is 24.1 Å². The SMILES string of the molecule is Cc1cc2c(NN3C(C)CCCC3C)nc(N)nc2s1. The lowest BCUT2D eigenvalue weighted by Gasteiger charge is -2.39. The van der Waals surface area contributed by atoms with E-state index < -0.39 is 0 Å². The van der Waals surface area contributed by atoms with Crippen molar-refractivity contribution in [1.82, 2.24) is 15.0 Å². The Morgan fingerprint density at radius 2 is 2.00 bits per heavy atom. The number of nitrogens with two attached hydrogens (primary N) is 1. The number of thiophene rings is 1. The first-order valence-electron chi connectivity index (χ1n) is 7.13. The highest BCUT2D eigenvalue weighted by Gasteiger charge is 2.25. The summed E-state index contributed by atoms with van der Waals surface area (Å²) in [4.78, 5) is 10.9. The predicted molar refractivity (Wildman–Crippen MR) is 84.8 cm³/mol. The summed E-state index contributed by atoms with van der Waals surface area (Å²) >= 11 is 1.65. The van der Waals surface area contributed by atoms with Gasteiger partial charge in [0.1, 0.15) is 4.83 Å². The van der Waals surface area contributed by atoms with Crippen LogP contribution in [0, 0.1) is 6.92 Å². The standard InChI is InChI=1S/C14H21N5S/c1-8-5-4-6-9(2)19(8)18-12-11-7-10(3)20-13(11)17-14(15)16-12/h7-9H,4-6H2,1-3H3,(H3,15,16,17,18). The third-order valence-electron chi connectivity index (χ3n) is 3.96. The van der Waals surface area contributed by atoms with Crippen molar-refractivity contribution in [2.24, 2.45) is 0 Å². The number of anilines is 2. The topological polar surface area (TPSA) is 67.1 Å². The van der Waals surface area contributed by atoms with Crippen LogP contribution >= 0.6 is 11.3 Å². The molecule has 0 aliphatic carbocycles. The van der Waals surface area contributed by atoms with E-state index in [1.54, 1.807) is 11.3 Å². The second-order valence-corrected chi connectivity index (χ2v) is 6.89. The molecule has 3 rings (SSSR count). The summed E-state index contributed by atoms with van der Waals surface area (Å²) < 4.78 is 0. The van der Waals surface area contributed by atoms with Crippen LogP contribution in [0.4, 0.5) is 11.8 Å². The molecule has 2 aromatic heterocycles. The molecule has 3 heterocycles. The van der Waals surface area contributed by atoms with Gasteiger partial charge in [-0.25, -0.2) is 9.99 Å². The maximum absolute atomic E-state index is 5.83. The Hall–Kier alpha value is -1.40. The summed E-state index contributed by atoms with van der Waals surface area (Å²) in [5.74, 6) is 1.16. The van der Waals surface area contributed by atoms with Crippen molar-refractivity contribution in [1.29, 1.82) is 0 Å². The van der Waals surface area contributed by atoms with Crippen LogP contribution in [0.25, 0.3) is 10.2 Å². The molecule has 1 fully saturated rings. The van der Waals surface area contributed by atoms with E-state index in [-0.39, 0.29) is 0 Å². The fraction of sp³-hybridized carbons (Fsp3) is 0.571. The Labute approximate surface area is 123 Å². The number of rotatable bonds is 2. The van der Waals surface area contributed by atoms with Gasteiger partial charge < -0.3 is 11.2 Å². The molecule has 1 aliphatic heterocycles. The van der Waals surface area contributed by atoms with Gasteiger partial charge in [0.25, 0.3) is 0 Å². The van der Waals surface area contributed by atoms with E-state index in [4.69, 9.17) is 5.73 Å². The number of hydrogen-bond acceptors (Lipinski definition) is 6. The highest BCUT2D eigenvalue weighted by Crippen LogP contribution is 2.31. The van der Waals surface area contributed by atoms with Gasteiger partial charge in [0, 0.05) is 17.0 Å². The fourth-order valence-electron chi connectivity index (χ4n) is 2.91. The molecule has 20 heavy (non-hydrogen) atoms. The molecule has 6 heteroatoms. The summed E-state index contributed by atoms with van der Waals surface area (Å²) in [6, 6.07) is 3.13. The Morgan fingerprint density at radius 3 is 2.70 bits per heavy atom. The third-order valence-corrected chi connectivity index (χ3v) is 4.91. The second kappa shape index (κ2) is 5.18. The molecular formula is C14H21N5S. The zero-order valence-electron chi connectivity index (χ0n) is 12.2. The van der Waals surface area contributed by atoms with Crippen molar-refractivity contribution in [2.45, 2.75) is 52.1 Å². The van der Waals surface area contributed by atoms with Crippen LogP contribution in [0.2, 0.25) is 0 Å². The molecule has 1 aliphatic rings. The van der Waals surface area contributed by atoms with Crippen molar-refractivity contribution in [2.75, 3.05) is 11.2 Å². The third kappa shape index (κ3) is 2.45. The van der Waals surface area contributed by atoms with E-state index in [9.17, 15) is 0 Å².